The molecule has 1 heterocycles. The number of hydrogen-bond acceptors (Lipinski definition) is 4. The van der Waals surface area contributed by atoms with Gasteiger partial charge in [0.25, 0.3) is 0 Å². The highest BCUT2D eigenvalue weighted by Gasteiger charge is 2.23. The third kappa shape index (κ3) is 4.66. The van der Waals surface area contributed by atoms with E-state index in [1.807, 2.05) is 6.92 Å². The number of rotatable bonds is 5. The van der Waals surface area contributed by atoms with Gasteiger partial charge in [0.05, 0.1) is 4.90 Å². The number of halogens is 2. The number of nitrogens with one attached hydrogen (secondary N) is 2. The minimum Gasteiger partial charge on any atom is -0.328 e. The van der Waals surface area contributed by atoms with Crippen molar-refractivity contribution in [3.8, 4) is 0 Å². The molecule has 9 heteroatoms. The van der Waals surface area contributed by atoms with E-state index in [0.29, 0.717) is 29.4 Å². The second-order valence-electron chi connectivity index (χ2n) is 5.15. The molecule has 0 bridgehead atoms. The summed E-state index contributed by atoms with van der Waals surface area (Å²) in [7, 11) is -3.64. The lowest BCUT2D eigenvalue weighted by Crippen LogP contribution is -2.29. The summed E-state index contributed by atoms with van der Waals surface area (Å²) in [6, 6.07) is 3.17. The number of benzene rings is 1. The van der Waals surface area contributed by atoms with Crippen molar-refractivity contribution >= 4 is 50.0 Å². The Kier molecular flexibility index (Phi) is 6.82. The van der Waals surface area contributed by atoms with Gasteiger partial charge in [0.2, 0.25) is 15.9 Å². The summed E-state index contributed by atoms with van der Waals surface area (Å²) in [5.41, 5.74) is 7.09. The van der Waals surface area contributed by atoms with Gasteiger partial charge in [-0.15, -0.1) is 12.4 Å². The standard InChI is InChI=1S/C13H18BrN3O3S.ClH/c1-8(15)4-5-16-21(19,20)12-7-11-9(6-10(12)14)2-3-13(18)17-11;/h6-8,16H,2-5,15H2,1H3,(H,17,18);1H. The number of hydrogen-bond donors (Lipinski definition) is 3. The summed E-state index contributed by atoms with van der Waals surface area (Å²) in [5.74, 6) is -0.0990. The van der Waals surface area contributed by atoms with E-state index in [2.05, 4.69) is 26.0 Å². The van der Waals surface area contributed by atoms with E-state index in [9.17, 15) is 13.2 Å². The second-order valence-corrected chi connectivity index (χ2v) is 7.74. The molecule has 22 heavy (non-hydrogen) atoms. The first-order valence-corrected chi connectivity index (χ1v) is 8.95. The lowest BCUT2D eigenvalue weighted by atomic mass is 10.0. The summed E-state index contributed by atoms with van der Waals surface area (Å²) in [5, 5.41) is 2.70. The molecule has 1 aromatic rings. The van der Waals surface area contributed by atoms with E-state index in [0.717, 1.165) is 5.56 Å². The van der Waals surface area contributed by atoms with Crippen molar-refractivity contribution in [2.75, 3.05) is 11.9 Å². The van der Waals surface area contributed by atoms with Crippen LogP contribution in [0.1, 0.15) is 25.3 Å². The second kappa shape index (κ2) is 7.74. The van der Waals surface area contributed by atoms with Crippen LogP contribution in [0.2, 0.25) is 0 Å². The zero-order valence-electron chi connectivity index (χ0n) is 12.1. The van der Waals surface area contributed by atoms with Crippen molar-refractivity contribution in [1.29, 1.82) is 0 Å². The average molecular weight is 413 g/mol. The first kappa shape index (κ1) is 19.4. The van der Waals surface area contributed by atoms with E-state index in [4.69, 9.17) is 5.73 Å². The number of aryl methyl sites for hydroxylation is 1. The zero-order chi connectivity index (χ0) is 15.6. The number of sulfonamides is 1. The Bertz CT molecular complexity index is 665. The van der Waals surface area contributed by atoms with Crippen molar-refractivity contribution in [1.82, 2.24) is 4.72 Å². The van der Waals surface area contributed by atoms with Crippen LogP contribution in [0.15, 0.2) is 21.5 Å². The summed E-state index contributed by atoms with van der Waals surface area (Å²) < 4.78 is 27.6. The van der Waals surface area contributed by atoms with Crippen LogP contribution < -0.4 is 15.8 Å². The van der Waals surface area contributed by atoms with Gasteiger partial charge in [0, 0.05) is 29.2 Å². The fourth-order valence-corrected chi connectivity index (χ4v) is 4.24. The Labute approximate surface area is 144 Å². The third-order valence-electron chi connectivity index (χ3n) is 3.23. The SMILES string of the molecule is CC(N)CCNS(=O)(=O)c1cc2c(cc1Br)CCC(=O)N2.Cl. The Morgan fingerprint density at radius 1 is 1.41 bits per heavy atom. The van der Waals surface area contributed by atoms with Crippen molar-refractivity contribution < 1.29 is 13.2 Å². The molecule has 1 aliphatic heterocycles. The molecule has 2 rings (SSSR count). The van der Waals surface area contributed by atoms with E-state index >= 15 is 0 Å². The molecule has 0 saturated heterocycles. The molecule has 0 spiro atoms. The minimum absolute atomic E-state index is 0. The van der Waals surface area contributed by atoms with Crippen LogP contribution in [0.5, 0.6) is 0 Å². The average Bonchev–Trinajstić information content (AvgIpc) is 2.37. The lowest BCUT2D eigenvalue weighted by molar-refractivity contribution is -0.116. The van der Waals surface area contributed by atoms with E-state index in [1.54, 1.807) is 6.07 Å². The Morgan fingerprint density at radius 3 is 2.73 bits per heavy atom. The fraction of sp³-hybridized carbons (Fsp3) is 0.462. The topological polar surface area (TPSA) is 101 Å². The molecule has 0 saturated carbocycles. The molecule has 0 aliphatic carbocycles. The Morgan fingerprint density at radius 2 is 2.09 bits per heavy atom. The predicted octanol–water partition coefficient (Wildman–Crippen LogP) is 1.77. The number of nitrogens with two attached hydrogens (primary N) is 1. The normalized spacial score (nSPS) is 15.5. The van der Waals surface area contributed by atoms with Gasteiger partial charge in [0.1, 0.15) is 0 Å². The molecule has 1 amide bonds. The molecule has 0 aromatic heterocycles. The van der Waals surface area contributed by atoms with E-state index in [-0.39, 0.29) is 35.8 Å². The van der Waals surface area contributed by atoms with Gasteiger partial charge in [-0.1, -0.05) is 0 Å². The molecular formula is C13H19BrClN3O3S. The van der Waals surface area contributed by atoms with Crippen LogP contribution in [0.3, 0.4) is 0 Å². The van der Waals surface area contributed by atoms with Gasteiger partial charge in [-0.3, -0.25) is 4.79 Å². The highest BCUT2D eigenvalue weighted by molar-refractivity contribution is 9.10. The van der Waals surface area contributed by atoms with Crippen molar-refractivity contribution in [3.63, 3.8) is 0 Å². The monoisotopic (exact) mass is 411 g/mol. The predicted molar refractivity (Wildman–Crippen MR) is 91.8 cm³/mol. The molecule has 1 aliphatic rings. The lowest BCUT2D eigenvalue weighted by Gasteiger charge is -2.19. The van der Waals surface area contributed by atoms with Crippen LogP contribution in [0.25, 0.3) is 0 Å². The molecule has 0 fully saturated rings. The number of carbonyl (C=O) groups excluding carboxylic acids is 1. The molecule has 4 N–H and O–H groups in total. The number of amides is 1. The van der Waals surface area contributed by atoms with Crippen molar-refractivity contribution in [2.45, 2.75) is 37.1 Å². The maximum Gasteiger partial charge on any atom is 0.241 e. The molecule has 1 unspecified atom stereocenters. The smallest absolute Gasteiger partial charge is 0.241 e. The van der Waals surface area contributed by atoms with E-state index in [1.165, 1.54) is 6.07 Å². The quantitative estimate of drug-likeness (QED) is 0.686. The zero-order valence-corrected chi connectivity index (χ0v) is 15.3. The molecule has 124 valence electrons. The fourth-order valence-electron chi connectivity index (χ4n) is 2.08. The summed E-state index contributed by atoms with van der Waals surface area (Å²) >= 11 is 3.29. The summed E-state index contributed by atoms with van der Waals surface area (Å²) in [4.78, 5) is 11.5. The van der Waals surface area contributed by atoms with Gasteiger partial charge in [-0.25, -0.2) is 13.1 Å². The number of fused-ring (bicyclic) bond motifs is 1. The molecule has 1 atom stereocenters. The van der Waals surface area contributed by atoms with Crippen LogP contribution >= 0.6 is 28.3 Å². The van der Waals surface area contributed by atoms with Crippen molar-refractivity contribution in [2.24, 2.45) is 5.73 Å². The summed E-state index contributed by atoms with van der Waals surface area (Å²) in [6.07, 6.45) is 1.58. The summed E-state index contributed by atoms with van der Waals surface area (Å²) in [6.45, 7) is 2.09. The van der Waals surface area contributed by atoms with Gasteiger partial charge >= 0.3 is 0 Å². The van der Waals surface area contributed by atoms with Gasteiger partial charge < -0.3 is 11.1 Å². The minimum atomic E-state index is -3.64. The number of anilines is 1. The highest BCUT2D eigenvalue weighted by Crippen LogP contribution is 2.31. The van der Waals surface area contributed by atoms with Gasteiger partial charge in [0.15, 0.2) is 0 Å². The van der Waals surface area contributed by atoms with Gasteiger partial charge in [-0.05, 0) is 53.4 Å². The Balaban J connectivity index is 0.00000242. The van der Waals surface area contributed by atoms with Crippen molar-refractivity contribution in [3.05, 3.63) is 22.2 Å². The maximum atomic E-state index is 12.3. The van der Waals surface area contributed by atoms with Crippen LogP contribution in [-0.4, -0.2) is 26.9 Å². The third-order valence-corrected chi connectivity index (χ3v) is 5.65. The van der Waals surface area contributed by atoms with Gasteiger partial charge in [-0.2, -0.15) is 0 Å². The molecule has 6 nitrogen and oxygen atoms in total. The molecule has 1 aromatic carbocycles. The number of carbonyl (C=O) groups is 1. The first-order valence-electron chi connectivity index (χ1n) is 6.67. The largest absolute Gasteiger partial charge is 0.328 e. The van der Waals surface area contributed by atoms with Crippen LogP contribution in [0.4, 0.5) is 5.69 Å². The molecular weight excluding hydrogens is 394 g/mol. The molecule has 0 radical (unpaired) electrons. The van der Waals surface area contributed by atoms with Crippen LogP contribution in [-0.2, 0) is 21.2 Å². The highest BCUT2D eigenvalue weighted by atomic mass is 79.9. The maximum absolute atomic E-state index is 12.3. The van der Waals surface area contributed by atoms with E-state index < -0.39 is 10.0 Å². The van der Waals surface area contributed by atoms with Crippen LogP contribution in [0, 0.1) is 0 Å². The Hall–Kier alpha value is -0.670. The first-order chi connectivity index (χ1) is 9.79.